The molecule has 0 saturated heterocycles. The Balaban J connectivity index is 2.57. The maximum Gasteiger partial charge on any atom is 0.326 e. The van der Waals surface area contributed by atoms with E-state index in [1.165, 1.54) is 12.8 Å². The van der Waals surface area contributed by atoms with Gasteiger partial charge in [0.25, 0.3) is 0 Å². The molecule has 0 heterocycles. The van der Waals surface area contributed by atoms with Gasteiger partial charge < -0.3 is 21.1 Å². The van der Waals surface area contributed by atoms with Crippen LogP contribution in [0.5, 0.6) is 0 Å². The maximum absolute atomic E-state index is 12.1. The Morgan fingerprint density at radius 2 is 1.80 bits per heavy atom. The van der Waals surface area contributed by atoms with E-state index in [1.807, 2.05) is 0 Å². The van der Waals surface area contributed by atoms with Gasteiger partial charge in [0, 0.05) is 13.1 Å². The molecule has 0 aromatic heterocycles. The van der Waals surface area contributed by atoms with Crippen molar-refractivity contribution < 1.29 is 19.5 Å². The molecule has 0 bridgehead atoms. The third-order valence-electron chi connectivity index (χ3n) is 3.69. The molecule has 0 unspecified atom stereocenters. The van der Waals surface area contributed by atoms with Gasteiger partial charge in [-0.3, -0.25) is 4.79 Å². The molecule has 1 saturated carbocycles. The van der Waals surface area contributed by atoms with E-state index in [9.17, 15) is 14.4 Å². The van der Waals surface area contributed by atoms with Crippen LogP contribution in [0.2, 0.25) is 0 Å². The van der Waals surface area contributed by atoms with Crippen LogP contribution in [-0.4, -0.2) is 47.0 Å². The maximum atomic E-state index is 12.1. The highest BCUT2D eigenvalue weighted by molar-refractivity contribution is 5.87. The average Bonchev–Trinajstić information content (AvgIpc) is 2.65. The van der Waals surface area contributed by atoms with E-state index in [1.54, 1.807) is 11.9 Å². The van der Waals surface area contributed by atoms with Crippen LogP contribution in [0.25, 0.3) is 0 Å². The predicted molar refractivity (Wildman–Crippen MR) is 73.0 cm³/mol. The molecule has 1 atom stereocenters. The molecule has 0 aromatic carbocycles. The third-order valence-corrected chi connectivity index (χ3v) is 3.69. The Morgan fingerprint density at radius 1 is 1.25 bits per heavy atom. The summed E-state index contributed by atoms with van der Waals surface area (Å²) in [6, 6.07) is -1.61. The minimum Gasteiger partial charge on any atom is -0.480 e. The number of amides is 3. The van der Waals surface area contributed by atoms with Gasteiger partial charge in [0.1, 0.15) is 6.04 Å². The highest BCUT2D eigenvalue weighted by Gasteiger charge is 2.26. The normalized spacial score (nSPS) is 17.9. The predicted octanol–water partition coefficient (Wildman–Crippen LogP) is 0.679. The molecule has 0 radical (unpaired) electrons. The second-order valence-corrected chi connectivity index (χ2v) is 5.27. The van der Waals surface area contributed by atoms with Crippen LogP contribution in [0.1, 0.15) is 44.9 Å². The van der Waals surface area contributed by atoms with Crippen molar-refractivity contribution >= 4 is 17.9 Å². The zero-order valence-electron chi connectivity index (χ0n) is 11.8. The number of hydrogen-bond acceptors (Lipinski definition) is 3. The van der Waals surface area contributed by atoms with Gasteiger partial charge in [-0.1, -0.05) is 25.7 Å². The van der Waals surface area contributed by atoms with Crippen LogP contribution in [-0.2, 0) is 9.59 Å². The van der Waals surface area contributed by atoms with Crippen molar-refractivity contribution in [3.05, 3.63) is 0 Å². The van der Waals surface area contributed by atoms with Gasteiger partial charge in [-0.15, -0.1) is 0 Å². The van der Waals surface area contributed by atoms with Gasteiger partial charge in [-0.25, -0.2) is 9.59 Å². The number of nitrogens with zero attached hydrogens (tertiary/aromatic N) is 1. The largest absolute Gasteiger partial charge is 0.480 e. The summed E-state index contributed by atoms with van der Waals surface area (Å²) in [5.74, 6) is -2.01. The smallest absolute Gasteiger partial charge is 0.326 e. The molecule has 0 aliphatic heterocycles. The quantitative estimate of drug-likeness (QED) is 0.644. The molecule has 0 spiro atoms. The first kappa shape index (κ1) is 16.3. The van der Waals surface area contributed by atoms with Gasteiger partial charge in [-0.05, 0) is 12.8 Å². The summed E-state index contributed by atoms with van der Waals surface area (Å²) in [7, 11) is 1.66. The number of nitrogens with two attached hydrogens (primary N) is 1. The fraction of sp³-hybridized carbons (Fsp3) is 0.769. The lowest BCUT2D eigenvalue weighted by Gasteiger charge is -2.28. The van der Waals surface area contributed by atoms with Crippen molar-refractivity contribution in [2.45, 2.75) is 57.0 Å². The van der Waals surface area contributed by atoms with Crippen molar-refractivity contribution in [3.63, 3.8) is 0 Å². The topological polar surface area (TPSA) is 113 Å². The first-order valence-electron chi connectivity index (χ1n) is 6.96. The molecular formula is C13H23N3O4. The summed E-state index contributed by atoms with van der Waals surface area (Å²) in [5.41, 5.74) is 4.98. The standard InChI is InChI=1S/C13H23N3O4/c1-16(9-6-4-2-3-5-7-9)13(20)15-10(12(18)19)8-11(14)17/h9-10H,2-8H2,1H3,(H2,14,17)(H,15,20)(H,18,19)/t10-/m0/s1. The number of hydrogen-bond donors (Lipinski definition) is 3. The first-order valence-corrected chi connectivity index (χ1v) is 6.96. The highest BCUT2D eigenvalue weighted by atomic mass is 16.4. The summed E-state index contributed by atoms with van der Waals surface area (Å²) < 4.78 is 0. The van der Waals surface area contributed by atoms with Crippen LogP contribution < -0.4 is 11.1 Å². The van der Waals surface area contributed by atoms with Gasteiger partial charge in [-0.2, -0.15) is 0 Å². The Morgan fingerprint density at radius 3 is 2.25 bits per heavy atom. The van der Waals surface area contributed by atoms with Crippen molar-refractivity contribution in [3.8, 4) is 0 Å². The zero-order chi connectivity index (χ0) is 15.1. The van der Waals surface area contributed by atoms with E-state index in [2.05, 4.69) is 5.32 Å². The summed E-state index contributed by atoms with van der Waals surface area (Å²) >= 11 is 0. The van der Waals surface area contributed by atoms with Crippen LogP contribution >= 0.6 is 0 Å². The minimum atomic E-state index is -1.27. The van der Waals surface area contributed by atoms with Crippen molar-refractivity contribution in [2.24, 2.45) is 5.73 Å². The van der Waals surface area contributed by atoms with Gasteiger partial charge in [0.05, 0.1) is 6.42 Å². The number of rotatable bonds is 5. The number of primary amides is 1. The fourth-order valence-electron chi connectivity index (χ4n) is 2.46. The van der Waals surface area contributed by atoms with E-state index in [4.69, 9.17) is 10.8 Å². The molecule has 7 nitrogen and oxygen atoms in total. The van der Waals surface area contributed by atoms with Crippen molar-refractivity contribution in [1.29, 1.82) is 0 Å². The lowest BCUT2D eigenvalue weighted by Crippen LogP contribution is -2.50. The number of urea groups is 1. The molecule has 20 heavy (non-hydrogen) atoms. The number of carboxylic acid groups (broad SMARTS) is 1. The minimum absolute atomic E-state index is 0.125. The second-order valence-electron chi connectivity index (χ2n) is 5.27. The number of carbonyl (C=O) groups excluding carboxylic acids is 2. The monoisotopic (exact) mass is 285 g/mol. The molecule has 114 valence electrons. The Bertz CT molecular complexity index is 365. The van der Waals surface area contributed by atoms with E-state index >= 15 is 0 Å². The van der Waals surface area contributed by atoms with E-state index in [0.717, 1.165) is 25.7 Å². The Hall–Kier alpha value is -1.79. The highest BCUT2D eigenvalue weighted by Crippen LogP contribution is 2.21. The number of nitrogens with one attached hydrogen (secondary N) is 1. The molecule has 1 aliphatic carbocycles. The van der Waals surface area contributed by atoms with Gasteiger partial charge in [0.2, 0.25) is 5.91 Å². The second kappa shape index (κ2) is 7.72. The first-order chi connectivity index (χ1) is 9.41. The molecule has 1 rings (SSSR count). The molecule has 4 N–H and O–H groups in total. The summed E-state index contributed by atoms with van der Waals surface area (Å²) in [5, 5.41) is 11.3. The zero-order valence-corrected chi connectivity index (χ0v) is 11.8. The Labute approximate surface area is 118 Å². The number of carboxylic acids is 1. The SMILES string of the molecule is CN(C(=O)N[C@@H](CC(N)=O)C(=O)O)C1CCCCCC1. The van der Waals surface area contributed by atoms with Gasteiger partial charge in [0.15, 0.2) is 0 Å². The van der Waals surface area contributed by atoms with E-state index in [-0.39, 0.29) is 6.04 Å². The summed E-state index contributed by atoms with van der Waals surface area (Å²) in [4.78, 5) is 35.4. The number of carbonyl (C=O) groups is 3. The average molecular weight is 285 g/mol. The van der Waals surface area contributed by atoms with E-state index < -0.39 is 30.4 Å². The van der Waals surface area contributed by atoms with E-state index in [0.29, 0.717) is 0 Å². The van der Waals surface area contributed by atoms with Crippen LogP contribution in [0, 0.1) is 0 Å². The van der Waals surface area contributed by atoms with Crippen LogP contribution in [0.4, 0.5) is 4.79 Å². The number of aliphatic carboxylic acids is 1. The molecule has 0 aromatic rings. The molecule has 1 fully saturated rings. The molecule has 7 heteroatoms. The van der Waals surface area contributed by atoms with Gasteiger partial charge >= 0.3 is 12.0 Å². The lowest BCUT2D eigenvalue weighted by atomic mass is 10.1. The fourth-order valence-corrected chi connectivity index (χ4v) is 2.46. The van der Waals surface area contributed by atoms with Crippen LogP contribution in [0.3, 0.4) is 0 Å². The molecule has 1 aliphatic rings. The summed E-state index contributed by atoms with van der Waals surface area (Å²) in [6.07, 6.45) is 5.95. The molecular weight excluding hydrogens is 262 g/mol. The third kappa shape index (κ3) is 5.07. The van der Waals surface area contributed by atoms with Crippen molar-refractivity contribution in [1.82, 2.24) is 10.2 Å². The van der Waals surface area contributed by atoms with Crippen LogP contribution in [0.15, 0.2) is 0 Å². The molecule has 3 amide bonds. The lowest BCUT2D eigenvalue weighted by molar-refractivity contribution is -0.141. The van der Waals surface area contributed by atoms with Crippen molar-refractivity contribution in [2.75, 3.05) is 7.05 Å². The Kier molecular flexibility index (Phi) is 6.27. The summed E-state index contributed by atoms with van der Waals surface area (Å²) in [6.45, 7) is 0.